The second kappa shape index (κ2) is 9.47. The van der Waals surface area contributed by atoms with E-state index >= 15 is 0 Å². The van der Waals surface area contributed by atoms with E-state index in [9.17, 15) is 22.0 Å². The third-order valence-corrected chi connectivity index (χ3v) is 7.43. The van der Waals surface area contributed by atoms with Crippen LogP contribution in [0.3, 0.4) is 0 Å². The lowest BCUT2D eigenvalue weighted by molar-refractivity contribution is 0.0858. The minimum atomic E-state index is -4.04. The van der Waals surface area contributed by atoms with Crippen LogP contribution in [-0.2, 0) is 14.8 Å². The number of halogens is 2. The van der Waals surface area contributed by atoms with Gasteiger partial charge in [0.15, 0.2) is 0 Å². The van der Waals surface area contributed by atoms with Crippen molar-refractivity contribution in [2.75, 3.05) is 44.2 Å². The lowest BCUT2D eigenvalue weighted by atomic mass is 10.2. The van der Waals surface area contributed by atoms with Gasteiger partial charge in [-0.1, -0.05) is 0 Å². The number of nitrogens with zero attached hydrogens (tertiary/aromatic N) is 3. The van der Waals surface area contributed by atoms with Crippen LogP contribution < -0.4 is 10.2 Å². The van der Waals surface area contributed by atoms with Gasteiger partial charge >= 0.3 is 0 Å². The molecule has 4 rings (SSSR count). The molecule has 1 atom stereocenters. The number of pyridine rings is 1. The summed E-state index contributed by atoms with van der Waals surface area (Å²) in [6, 6.07) is 5.58. The number of sulfonamides is 1. The van der Waals surface area contributed by atoms with Crippen molar-refractivity contribution >= 4 is 21.7 Å². The first-order valence-corrected chi connectivity index (χ1v) is 11.8. The Kier molecular flexibility index (Phi) is 6.68. The molecule has 2 aliphatic heterocycles. The van der Waals surface area contributed by atoms with Gasteiger partial charge in [-0.2, -0.15) is 4.31 Å². The smallest absolute Gasteiger partial charge is 0.255 e. The molecule has 0 unspecified atom stereocenters. The third kappa shape index (κ3) is 4.89. The van der Waals surface area contributed by atoms with Crippen LogP contribution in [0.25, 0.3) is 0 Å². The molecular weight excluding hydrogens is 442 g/mol. The Bertz CT molecular complexity index is 1060. The first kappa shape index (κ1) is 22.6. The van der Waals surface area contributed by atoms with Crippen LogP contribution in [0.4, 0.5) is 14.6 Å². The number of aromatic nitrogens is 1. The molecule has 0 spiro atoms. The van der Waals surface area contributed by atoms with Crippen molar-refractivity contribution in [3.05, 3.63) is 53.7 Å². The summed E-state index contributed by atoms with van der Waals surface area (Å²) >= 11 is 0. The van der Waals surface area contributed by atoms with Crippen LogP contribution in [0.2, 0.25) is 0 Å². The van der Waals surface area contributed by atoms with Gasteiger partial charge in [-0.05, 0) is 37.1 Å². The monoisotopic (exact) mass is 466 g/mol. The van der Waals surface area contributed by atoms with Crippen molar-refractivity contribution in [2.24, 2.45) is 0 Å². The highest BCUT2D eigenvalue weighted by Crippen LogP contribution is 2.23. The van der Waals surface area contributed by atoms with Crippen molar-refractivity contribution in [1.82, 2.24) is 14.6 Å². The van der Waals surface area contributed by atoms with Crippen LogP contribution in [0, 0.1) is 11.6 Å². The maximum atomic E-state index is 13.5. The summed E-state index contributed by atoms with van der Waals surface area (Å²) < 4.78 is 59.3. The summed E-state index contributed by atoms with van der Waals surface area (Å²) in [7, 11) is -4.04. The normalized spacial score (nSPS) is 19.8. The van der Waals surface area contributed by atoms with Crippen LogP contribution in [0.5, 0.6) is 0 Å². The van der Waals surface area contributed by atoms with Gasteiger partial charge in [0.05, 0.1) is 16.6 Å². The molecule has 1 amide bonds. The predicted molar refractivity (Wildman–Crippen MR) is 113 cm³/mol. The number of nitrogens with one attached hydrogen (secondary N) is 1. The molecule has 3 heterocycles. The molecule has 172 valence electrons. The third-order valence-electron chi connectivity index (χ3n) is 5.56. The largest absolute Gasteiger partial charge is 0.376 e. The maximum absolute atomic E-state index is 13.5. The Labute approximate surface area is 185 Å². The molecule has 0 aliphatic carbocycles. The zero-order valence-electron chi connectivity index (χ0n) is 17.3. The zero-order valence-corrected chi connectivity index (χ0v) is 18.2. The minimum absolute atomic E-state index is 0.0143. The fraction of sp³-hybridized carbons (Fsp3) is 0.429. The van der Waals surface area contributed by atoms with Gasteiger partial charge in [0.1, 0.15) is 17.5 Å². The number of rotatable bonds is 6. The molecule has 0 bridgehead atoms. The summed E-state index contributed by atoms with van der Waals surface area (Å²) in [4.78, 5) is 18.5. The topological polar surface area (TPSA) is 91.8 Å². The van der Waals surface area contributed by atoms with Crippen LogP contribution in [0.15, 0.2) is 41.4 Å². The van der Waals surface area contributed by atoms with Crippen LogP contribution in [-0.4, -0.2) is 69.0 Å². The molecule has 2 saturated heterocycles. The lowest BCUT2D eigenvalue weighted by Crippen LogP contribution is -2.49. The number of carbonyl (C=O) groups is 1. The molecule has 2 fully saturated rings. The SMILES string of the molecule is O=C(NC[C@H]1CCCO1)c1cccnc1N1CCN(S(=O)(=O)c2cc(F)cc(F)c2)CC1. The van der Waals surface area contributed by atoms with Crippen molar-refractivity contribution in [2.45, 2.75) is 23.8 Å². The molecule has 8 nitrogen and oxygen atoms in total. The Morgan fingerprint density at radius 3 is 2.53 bits per heavy atom. The molecular formula is C21H24F2N4O4S. The van der Waals surface area contributed by atoms with Crippen molar-refractivity contribution < 1.29 is 26.7 Å². The van der Waals surface area contributed by atoms with Gasteiger partial charge in [-0.15, -0.1) is 0 Å². The zero-order chi connectivity index (χ0) is 22.7. The van der Waals surface area contributed by atoms with Gasteiger partial charge in [0.25, 0.3) is 5.91 Å². The lowest BCUT2D eigenvalue weighted by Gasteiger charge is -2.35. The van der Waals surface area contributed by atoms with Gasteiger partial charge in [-0.3, -0.25) is 4.79 Å². The summed E-state index contributed by atoms with van der Waals surface area (Å²) in [5, 5.41) is 2.88. The van der Waals surface area contributed by atoms with E-state index in [1.807, 2.05) is 4.90 Å². The number of amides is 1. The average Bonchev–Trinajstić information content (AvgIpc) is 3.31. The molecule has 2 aliphatic rings. The number of ether oxygens (including phenoxy) is 1. The fourth-order valence-electron chi connectivity index (χ4n) is 3.90. The maximum Gasteiger partial charge on any atom is 0.255 e. The highest BCUT2D eigenvalue weighted by Gasteiger charge is 2.31. The number of carbonyl (C=O) groups excluding carboxylic acids is 1. The van der Waals surface area contributed by atoms with E-state index in [0.29, 0.717) is 30.6 Å². The standard InChI is InChI=1S/C21H24F2N4O4S/c22-15-11-16(23)13-18(12-15)32(29,30)27-8-6-26(7-9-27)20-19(4-1-5-24-20)21(28)25-14-17-3-2-10-31-17/h1,4-5,11-13,17H,2-3,6-10,14H2,(H,25,28)/t17-/m1/s1. The second-order valence-electron chi connectivity index (χ2n) is 7.72. The Morgan fingerprint density at radius 1 is 1.16 bits per heavy atom. The highest BCUT2D eigenvalue weighted by molar-refractivity contribution is 7.89. The van der Waals surface area contributed by atoms with E-state index in [-0.39, 0.29) is 38.2 Å². The molecule has 1 aromatic heterocycles. The molecule has 2 aromatic rings. The van der Waals surface area contributed by atoms with Crippen molar-refractivity contribution in [1.29, 1.82) is 0 Å². The summed E-state index contributed by atoms with van der Waals surface area (Å²) in [5.74, 6) is -1.70. The first-order chi connectivity index (χ1) is 15.3. The van der Waals surface area contributed by atoms with Crippen LogP contribution in [0.1, 0.15) is 23.2 Å². The number of piperazine rings is 1. The van der Waals surface area contributed by atoms with E-state index in [0.717, 1.165) is 25.0 Å². The Balaban J connectivity index is 1.43. The fourth-order valence-corrected chi connectivity index (χ4v) is 5.37. The van der Waals surface area contributed by atoms with Gasteiger partial charge in [-0.25, -0.2) is 22.2 Å². The number of hydrogen-bond acceptors (Lipinski definition) is 6. The molecule has 0 saturated carbocycles. The first-order valence-electron chi connectivity index (χ1n) is 10.4. The van der Waals surface area contributed by atoms with E-state index < -0.39 is 26.6 Å². The van der Waals surface area contributed by atoms with E-state index in [2.05, 4.69) is 10.3 Å². The van der Waals surface area contributed by atoms with E-state index in [4.69, 9.17) is 4.74 Å². The van der Waals surface area contributed by atoms with E-state index in [1.54, 1.807) is 18.3 Å². The molecule has 32 heavy (non-hydrogen) atoms. The minimum Gasteiger partial charge on any atom is -0.376 e. The summed E-state index contributed by atoms with van der Waals surface area (Å²) in [5.41, 5.74) is 0.397. The molecule has 1 N–H and O–H groups in total. The number of benzene rings is 1. The van der Waals surface area contributed by atoms with Gasteiger partial charge < -0.3 is 15.0 Å². The number of anilines is 1. The van der Waals surface area contributed by atoms with Crippen molar-refractivity contribution in [3.63, 3.8) is 0 Å². The number of hydrogen-bond donors (Lipinski definition) is 1. The van der Waals surface area contributed by atoms with Crippen LogP contribution >= 0.6 is 0 Å². The summed E-state index contributed by atoms with van der Waals surface area (Å²) in [6.07, 6.45) is 3.48. The molecule has 0 radical (unpaired) electrons. The second-order valence-corrected chi connectivity index (χ2v) is 9.65. The van der Waals surface area contributed by atoms with Crippen molar-refractivity contribution in [3.8, 4) is 0 Å². The summed E-state index contributed by atoms with van der Waals surface area (Å²) in [6.45, 7) is 1.86. The van der Waals surface area contributed by atoms with Gasteiger partial charge in [0, 0.05) is 51.6 Å². The molecule has 1 aromatic carbocycles. The average molecular weight is 467 g/mol. The molecule has 11 heteroatoms. The highest BCUT2D eigenvalue weighted by atomic mass is 32.2. The Morgan fingerprint density at radius 2 is 1.88 bits per heavy atom. The van der Waals surface area contributed by atoms with E-state index in [1.165, 1.54) is 4.31 Å². The Hall–Kier alpha value is -2.63. The van der Waals surface area contributed by atoms with Gasteiger partial charge in [0.2, 0.25) is 10.0 Å². The predicted octanol–water partition coefficient (Wildman–Crippen LogP) is 1.78. The quantitative estimate of drug-likeness (QED) is 0.698.